The molecule has 0 unspecified atom stereocenters. The van der Waals surface area contributed by atoms with Crippen LogP contribution in [-0.2, 0) is 9.59 Å². The molecule has 8 heteroatoms. The van der Waals surface area contributed by atoms with Crippen LogP contribution in [0.25, 0.3) is 0 Å². The van der Waals surface area contributed by atoms with Gasteiger partial charge in [0.2, 0.25) is 5.91 Å². The Morgan fingerprint density at radius 3 is 2.14 bits per heavy atom. The first-order chi connectivity index (χ1) is 9.63. The molecule has 0 aromatic rings. The molecule has 4 N–H and O–H groups in total. The standard InChI is InChI=1S/C13H26N4O4/c1-9(2)8-17(6-5-16(3)4)13(21)15-10(12(19)20)7-11(14)18/h9-10H,5-8H2,1-4H3,(H2,14,18)(H,15,21)(H,19,20)/t10-/m0/s1. The lowest BCUT2D eigenvalue weighted by Crippen LogP contribution is -2.51. The Morgan fingerprint density at radius 1 is 1.19 bits per heavy atom. The number of likely N-dealkylation sites (N-methyl/N-ethyl adjacent to an activating group) is 1. The predicted octanol–water partition coefficient (Wildman–Crippen LogP) is -0.456. The molecule has 0 bridgehead atoms. The summed E-state index contributed by atoms with van der Waals surface area (Å²) in [5, 5.41) is 11.3. The fraction of sp³-hybridized carbons (Fsp3) is 0.769. The van der Waals surface area contributed by atoms with E-state index in [4.69, 9.17) is 10.8 Å². The van der Waals surface area contributed by atoms with Crippen molar-refractivity contribution in [1.82, 2.24) is 15.1 Å². The van der Waals surface area contributed by atoms with Crippen molar-refractivity contribution in [2.24, 2.45) is 11.7 Å². The minimum absolute atomic E-state index is 0.248. The average Bonchev–Trinajstić information content (AvgIpc) is 2.32. The van der Waals surface area contributed by atoms with Crippen molar-refractivity contribution in [3.63, 3.8) is 0 Å². The number of rotatable bonds is 9. The molecular weight excluding hydrogens is 276 g/mol. The van der Waals surface area contributed by atoms with Crippen molar-refractivity contribution >= 4 is 17.9 Å². The third-order valence-electron chi connectivity index (χ3n) is 2.69. The Hall–Kier alpha value is -1.83. The quantitative estimate of drug-likeness (QED) is 0.533. The van der Waals surface area contributed by atoms with Gasteiger partial charge in [-0.1, -0.05) is 13.8 Å². The van der Waals surface area contributed by atoms with E-state index in [0.29, 0.717) is 19.6 Å². The number of aliphatic carboxylic acids is 1. The zero-order valence-corrected chi connectivity index (χ0v) is 13.1. The number of carboxylic acids is 1. The number of urea groups is 1. The van der Waals surface area contributed by atoms with Crippen molar-refractivity contribution in [2.45, 2.75) is 26.3 Å². The highest BCUT2D eigenvalue weighted by atomic mass is 16.4. The second-order valence-corrected chi connectivity index (χ2v) is 5.65. The molecule has 0 aliphatic rings. The third kappa shape index (κ3) is 8.85. The molecule has 0 spiro atoms. The van der Waals surface area contributed by atoms with Crippen LogP contribution < -0.4 is 11.1 Å². The van der Waals surface area contributed by atoms with Gasteiger partial charge in [0.15, 0.2) is 0 Å². The summed E-state index contributed by atoms with van der Waals surface area (Å²) in [7, 11) is 3.78. The van der Waals surface area contributed by atoms with Gasteiger partial charge < -0.3 is 26.0 Å². The van der Waals surface area contributed by atoms with Crippen molar-refractivity contribution in [1.29, 1.82) is 0 Å². The number of hydrogen-bond donors (Lipinski definition) is 3. The molecule has 0 saturated heterocycles. The summed E-state index contributed by atoms with van der Waals surface area (Å²) >= 11 is 0. The normalized spacial score (nSPS) is 12.3. The van der Waals surface area contributed by atoms with Gasteiger partial charge in [0.1, 0.15) is 6.04 Å². The van der Waals surface area contributed by atoms with Gasteiger partial charge in [-0.2, -0.15) is 0 Å². The van der Waals surface area contributed by atoms with E-state index in [2.05, 4.69) is 5.32 Å². The van der Waals surface area contributed by atoms with Crippen LogP contribution in [0.15, 0.2) is 0 Å². The van der Waals surface area contributed by atoms with Gasteiger partial charge in [0, 0.05) is 19.6 Å². The van der Waals surface area contributed by atoms with Crippen molar-refractivity contribution in [3.8, 4) is 0 Å². The van der Waals surface area contributed by atoms with Crippen LogP contribution in [0.4, 0.5) is 4.79 Å². The number of carbonyl (C=O) groups is 3. The van der Waals surface area contributed by atoms with Gasteiger partial charge in [-0.3, -0.25) is 4.79 Å². The Labute approximate surface area is 125 Å². The van der Waals surface area contributed by atoms with Crippen LogP contribution in [0.5, 0.6) is 0 Å². The summed E-state index contributed by atoms with van der Waals surface area (Å²) in [6.45, 7) is 5.57. The molecule has 0 heterocycles. The summed E-state index contributed by atoms with van der Waals surface area (Å²) in [6, 6.07) is -1.80. The van der Waals surface area contributed by atoms with Gasteiger partial charge in [0.05, 0.1) is 6.42 Å². The number of carboxylic acid groups (broad SMARTS) is 1. The Kier molecular flexibility index (Phi) is 8.37. The summed E-state index contributed by atoms with van der Waals surface area (Å²) in [5.74, 6) is -1.80. The minimum atomic E-state index is -1.30. The maximum absolute atomic E-state index is 12.2. The number of hydrogen-bond acceptors (Lipinski definition) is 4. The molecule has 0 aromatic heterocycles. The minimum Gasteiger partial charge on any atom is -0.480 e. The lowest BCUT2D eigenvalue weighted by Gasteiger charge is -2.27. The number of amides is 3. The van der Waals surface area contributed by atoms with Gasteiger partial charge in [-0.05, 0) is 20.0 Å². The molecule has 8 nitrogen and oxygen atoms in total. The lowest BCUT2D eigenvalue weighted by atomic mass is 10.2. The molecule has 0 aromatic carbocycles. The molecule has 122 valence electrons. The van der Waals surface area contributed by atoms with Crippen molar-refractivity contribution < 1.29 is 19.5 Å². The summed E-state index contributed by atoms with van der Waals surface area (Å²) in [4.78, 5) is 37.5. The van der Waals surface area contributed by atoms with E-state index in [9.17, 15) is 14.4 Å². The number of carbonyl (C=O) groups excluding carboxylic acids is 2. The Morgan fingerprint density at radius 2 is 1.76 bits per heavy atom. The Bertz CT molecular complexity index is 371. The molecule has 21 heavy (non-hydrogen) atoms. The lowest BCUT2D eigenvalue weighted by molar-refractivity contribution is -0.141. The fourth-order valence-corrected chi connectivity index (χ4v) is 1.68. The van der Waals surface area contributed by atoms with Crippen LogP contribution in [-0.4, -0.2) is 72.6 Å². The molecule has 3 amide bonds. The summed E-state index contributed by atoms with van der Waals surface area (Å²) in [5.41, 5.74) is 4.99. The molecule has 0 rings (SSSR count). The van der Waals surface area contributed by atoms with E-state index >= 15 is 0 Å². The highest BCUT2D eigenvalue weighted by Gasteiger charge is 2.25. The third-order valence-corrected chi connectivity index (χ3v) is 2.69. The van der Waals surface area contributed by atoms with Crippen LogP contribution in [0.1, 0.15) is 20.3 Å². The van der Waals surface area contributed by atoms with E-state index in [1.807, 2.05) is 32.8 Å². The molecule has 0 saturated carbocycles. The fourth-order valence-electron chi connectivity index (χ4n) is 1.68. The first kappa shape index (κ1) is 19.2. The van der Waals surface area contributed by atoms with E-state index < -0.39 is 30.4 Å². The maximum atomic E-state index is 12.2. The summed E-state index contributed by atoms with van der Waals surface area (Å²) < 4.78 is 0. The van der Waals surface area contributed by atoms with Crippen LogP contribution in [0.2, 0.25) is 0 Å². The number of nitrogens with one attached hydrogen (secondary N) is 1. The van der Waals surface area contributed by atoms with Crippen LogP contribution >= 0.6 is 0 Å². The molecule has 0 aliphatic heterocycles. The smallest absolute Gasteiger partial charge is 0.326 e. The van der Waals surface area contributed by atoms with Crippen LogP contribution in [0, 0.1) is 5.92 Å². The molecular formula is C13H26N4O4. The zero-order chi connectivity index (χ0) is 16.6. The zero-order valence-electron chi connectivity index (χ0n) is 13.1. The molecule has 0 fully saturated rings. The van der Waals surface area contributed by atoms with Gasteiger partial charge >= 0.3 is 12.0 Å². The van der Waals surface area contributed by atoms with E-state index in [1.165, 1.54) is 0 Å². The van der Waals surface area contributed by atoms with Gasteiger partial charge in [0.25, 0.3) is 0 Å². The predicted molar refractivity (Wildman–Crippen MR) is 78.7 cm³/mol. The molecule has 1 atom stereocenters. The second kappa shape index (κ2) is 9.17. The SMILES string of the molecule is CC(C)CN(CCN(C)C)C(=O)N[C@@H](CC(N)=O)C(=O)O. The highest BCUT2D eigenvalue weighted by molar-refractivity contribution is 5.87. The van der Waals surface area contributed by atoms with Crippen molar-refractivity contribution in [2.75, 3.05) is 33.7 Å². The van der Waals surface area contributed by atoms with Crippen molar-refractivity contribution in [3.05, 3.63) is 0 Å². The largest absolute Gasteiger partial charge is 0.480 e. The monoisotopic (exact) mass is 302 g/mol. The topological polar surface area (TPSA) is 116 Å². The highest BCUT2D eigenvalue weighted by Crippen LogP contribution is 2.02. The molecule has 0 aliphatic carbocycles. The second-order valence-electron chi connectivity index (χ2n) is 5.65. The first-order valence-electron chi connectivity index (χ1n) is 6.84. The average molecular weight is 302 g/mol. The van der Waals surface area contributed by atoms with Gasteiger partial charge in [-0.25, -0.2) is 9.59 Å². The summed E-state index contributed by atoms with van der Waals surface area (Å²) in [6.07, 6.45) is -0.426. The first-order valence-corrected chi connectivity index (χ1v) is 6.84. The van der Waals surface area contributed by atoms with Crippen LogP contribution in [0.3, 0.4) is 0 Å². The number of nitrogens with zero attached hydrogens (tertiary/aromatic N) is 2. The van der Waals surface area contributed by atoms with Gasteiger partial charge in [-0.15, -0.1) is 0 Å². The molecule has 0 radical (unpaired) electrons. The number of primary amides is 1. The maximum Gasteiger partial charge on any atom is 0.326 e. The van der Waals surface area contributed by atoms with E-state index in [0.717, 1.165) is 0 Å². The van der Waals surface area contributed by atoms with E-state index in [-0.39, 0.29) is 5.92 Å². The van der Waals surface area contributed by atoms with E-state index in [1.54, 1.807) is 4.90 Å². The Balaban J connectivity index is 4.75. The number of nitrogens with two attached hydrogens (primary N) is 1.